The Morgan fingerprint density at radius 2 is 1.94 bits per heavy atom. The van der Waals surface area contributed by atoms with Crippen LogP contribution in [-0.2, 0) is 0 Å². The van der Waals surface area contributed by atoms with Gasteiger partial charge in [-0.25, -0.2) is 0 Å². The van der Waals surface area contributed by atoms with Crippen LogP contribution in [0.4, 0.5) is 0 Å². The lowest BCUT2D eigenvalue weighted by atomic mass is 9.76. The summed E-state index contributed by atoms with van der Waals surface area (Å²) in [6, 6.07) is 1.04. The summed E-state index contributed by atoms with van der Waals surface area (Å²) in [6.07, 6.45) is 6.46. The normalized spacial score (nSPS) is 30.2. The third-order valence-electron chi connectivity index (χ3n) is 4.53. The average Bonchev–Trinajstić information content (AvgIpc) is 2.31. The van der Waals surface area contributed by atoms with Gasteiger partial charge in [0.05, 0.1) is 0 Å². The molecule has 102 valence electrons. The van der Waals surface area contributed by atoms with Crippen LogP contribution in [-0.4, -0.2) is 30.1 Å². The molecule has 0 radical (unpaired) electrons. The van der Waals surface area contributed by atoms with Crippen molar-refractivity contribution in [3.8, 4) is 0 Å². The van der Waals surface area contributed by atoms with Gasteiger partial charge < -0.3 is 5.73 Å². The SMILES string of the molecule is CCCCN(CC)C1CC(C(C)C)CCC1N. The molecular weight excluding hydrogens is 208 g/mol. The van der Waals surface area contributed by atoms with E-state index in [2.05, 4.69) is 32.6 Å². The summed E-state index contributed by atoms with van der Waals surface area (Å²) in [7, 11) is 0. The monoisotopic (exact) mass is 240 g/mol. The van der Waals surface area contributed by atoms with Crippen LogP contribution in [0.5, 0.6) is 0 Å². The lowest BCUT2D eigenvalue weighted by Gasteiger charge is -2.42. The molecule has 17 heavy (non-hydrogen) atoms. The Morgan fingerprint density at radius 3 is 2.47 bits per heavy atom. The van der Waals surface area contributed by atoms with Crippen molar-refractivity contribution in [2.75, 3.05) is 13.1 Å². The predicted octanol–water partition coefficient (Wildman–Crippen LogP) is 3.26. The Labute approximate surface area is 108 Å². The van der Waals surface area contributed by atoms with E-state index in [-0.39, 0.29) is 0 Å². The van der Waals surface area contributed by atoms with Crippen molar-refractivity contribution in [2.24, 2.45) is 17.6 Å². The number of hydrogen-bond acceptors (Lipinski definition) is 2. The van der Waals surface area contributed by atoms with E-state index >= 15 is 0 Å². The van der Waals surface area contributed by atoms with Crippen molar-refractivity contribution in [1.29, 1.82) is 0 Å². The fourth-order valence-corrected chi connectivity index (χ4v) is 3.15. The molecule has 3 atom stereocenters. The molecular formula is C15H32N2. The largest absolute Gasteiger partial charge is 0.326 e. The molecule has 0 bridgehead atoms. The van der Waals surface area contributed by atoms with Gasteiger partial charge in [0.15, 0.2) is 0 Å². The minimum atomic E-state index is 0.404. The average molecular weight is 240 g/mol. The third kappa shape index (κ3) is 4.26. The fraction of sp³-hybridized carbons (Fsp3) is 1.00. The number of rotatable bonds is 6. The van der Waals surface area contributed by atoms with Crippen molar-refractivity contribution in [3.05, 3.63) is 0 Å². The van der Waals surface area contributed by atoms with Crippen molar-refractivity contribution in [3.63, 3.8) is 0 Å². The Morgan fingerprint density at radius 1 is 1.24 bits per heavy atom. The predicted molar refractivity (Wildman–Crippen MR) is 76.1 cm³/mol. The summed E-state index contributed by atoms with van der Waals surface area (Å²) < 4.78 is 0. The molecule has 1 aliphatic carbocycles. The van der Waals surface area contributed by atoms with Crippen molar-refractivity contribution < 1.29 is 0 Å². The van der Waals surface area contributed by atoms with Gasteiger partial charge in [0.1, 0.15) is 0 Å². The molecule has 0 aliphatic heterocycles. The molecule has 0 spiro atoms. The van der Waals surface area contributed by atoms with Gasteiger partial charge in [-0.05, 0) is 50.6 Å². The molecule has 2 nitrogen and oxygen atoms in total. The number of unbranched alkanes of at least 4 members (excludes halogenated alkanes) is 1. The molecule has 0 aromatic carbocycles. The summed E-state index contributed by atoms with van der Waals surface area (Å²) >= 11 is 0. The van der Waals surface area contributed by atoms with Crippen LogP contribution in [0.15, 0.2) is 0 Å². The topological polar surface area (TPSA) is 29.3 Å². The molecule has 1 rings (SSSR count). The highest BCUT2D eigenvalue weighted by Gasteiger charge is 2.32. The van der Waals surface area contributed by atoms with E-state index in [0.29, 0.717) is 12.1 Å². The van der Waals surface area contributed by atoms with Crippen molar-refractivity contribution in [2.45, 2.75) is 71.9 Å². The van der Waals surface area contributed by atoms with E-state index in [1.165, 1.54) is 38.6 Å². The molecule has 0 aromatic rings. The van der Waals surface area contributed by atoms with E-state index < -0.39 is 0 Å². The summed E-state index contributed by atoms with van der Waals surface area (Å²) in [5.41, 5.74) is 6.35. The molecule has 0 saturated heterocycles. The smallest absolute Gasteiger partial charge is 0.0249 e. The second-order valence-electron chi connectivity index (χ2n) is 6.03. The minimum Gasteiger partial charge on any atom is -0.326 e. The molecule has 1 aliphatic rings. The molecule has 1 saturated carbocycles. The first-order valence-corrected chi connectivity index (χ1v) is 7.59. The zero-order chi connectivity index (χ0) is 12.8. The molecule has 2 heteroatoms. The number of nitrogens with two attached hydrogens (primary N) is 1. The van der Waals surface area contributed by atoms with Crippen molar-refractivity contribution >= 4 is 0 Å². The highest BCUT2D eigenvalue weighted by molar-refractivity contribution is 4.89. The second kappa shape index (κ2) is 7.38. The van der Waals surface area contributed by atoms with E-state index in [1.54, 1.807) is 0 Å². The Hall–Kier alpha value is -0.0800. The summed E-state index contributed by atoms with van der Waals surface area (Å²) in [4.78, 5) is 2.63. The molecule has 0 aromatic heterocycles. The lowest BCUT2D eigenvalue weighted by Crippen LogP contribution is -2.52. The number of nitrogens with zero attached hydrogens (tertiary/aromatic N) is 1. The van der Waals surface area contributed by atoms with E-state index in [1.807, 2.05) is 0 Å². The van der Waals surface area contributed by atoms with Crippen LogP contribution < -0.4 is 5.73 Å². The number of likely N-dealkylation sites (N-methyl/N-ethyl adjacent to an activating group) is 1. The summed E-state index contributed by atoms with van der Waals surface area (Å²) in [5, 5.41) is 0. The summed E-state index contributed by atoms with van der Waals surface area (Å²) in [5.74, 6) is 1.70. The van der Waals surface area contributed by atoms with Gasteiger partial charge in [-0.15, -0.1) is 0 Å². The van der Waals surface area contributed by atoms with E-state index in [0.717, 1.165) is 18.4 Å². The van der Waals surface area contributed by atoms with Gasteiger partial charge >= 0.3 is 0 Å². The Bertz CT molecular complexity index is 203. The van der Waals surface area contributed by atoms with Gasteiger partial charge in [-0.1, -0.05) is 34.1 Å². The van der Waals surface area contributed by atoms with Gasteiger partial charge in [0, 0.05) is 12.1 Å². The van der Waals surface area contributed by atoms with Crippen LogP contribution in [0.1, 0.15) is 59.8 Å². The minimum absolute atomic E-state index is 0.404. The molecule has 0 heterocycles. The Kier molecular flexibility index (Phi) is 6.50. The van der Waals surface area contributed by atoms with Gasteiger partial charge in [0.25, 0.3) is 0 Å². The van der Waals surface area contributed by atoms with Crippen molar-refractivity contribution in [1.82, 2.24) is 4.90 Å². The number of hydrogen-bond donors (Lipinski definition) is 1. The maximum atomic E-state index is 6.35. The first-order chi connectivity index (χ1) is 8.10. The maximum Gasteiger partial charge on any atom is 0.0249 e. The van der Waals surface area contributed by atoms with Crippen LogP contribution in [0.25, 0.3) is 0 Å². The van der Waals surface area contributed by atoms with E-state index in [9.17, 15) is 0 Å². The second-order valence-corrected chi connectivity index (χ2v) is 6.03. The van der Waals surface area contributed by atoms with Crippen LogP contribution >= 0.6 is 0 Å². The van der Waals surface area contributed by atoms with Gasteiger partial charge in [0.2, 0.25) is 0 Å². The molecule has 2 N–H and O–H groups in total. The van der Waals surface area contributed by atoms with Crippen LogP contribution in [0, 0.1) is 11.8 Å². The van der Waals surface area contributed by atoms with Crippen LogP contribution in [0.3, 0.4) is 0 Å². The summed E-state index contributed by atoms with van der Waals surface area (Å²) in [6.45, 7) is 11.7. The highest BCUT2D eigenvalue weighted by Crippen LogP contribution is 2.32. The maximum absolute atomic E-state index is 6.35. The molecule has 0 amide bonds. The third-order valence-corrected chi connectivity index (χ3v) is 4.53. The zero-order valence-electron chi connectivity index (χ0n) is 12.3. The molecule has 3 unspecified atom stereocenters. The quantitative estimate of drug-likeness (QED) is 0.772. The Balaban J connectivity index is 2.57. The first kappa shape index (κ1) is 15.0. The highest BCUT2D eigenvalue weighted by atomic mass is 15.2. The van der Waals surface area contributed by atoms with Gasteiger partial charge in [-0.2, -0.15) is 0 Å². The fourth-order valence-electron chi connectivity index (χ4n) is 3.15. The first-order valence-electron chi connectivity index (χ1n) is 7.59. The lowest BCUT2D eigenvalue weighted by molar-refractivity contribution is 0.0996. The van der Waals surface area contributed by atoms with Gasteiger partial charge in [-0.3, -0.25) is 4.90 Å². The van der Waals surface area contributed by atoms with Crippen LogP contribution in [0.2, 0.25) is 0 Å². The standard InChI is InChI=1S/C15H32N2/c1-5-7-10-17(6-2)15-11-13(12(3)4)8-9-14(15)16/h12-15H,5-11,16H2,1-4H3. The molecule has 1 fully saturated rings. The van der Waals surface area contributed by atoms with E-state index in [4.69, 9.17) is 5.73 Å². The zero-order valence-corrected chi connectivity index (χ0v) is 12.3.